The van der Waals surface area contributed by atoms with Crippen LogP contribution in [0.5, 0.6) is 17.2 Å². The molecule has 0 spiro atoms. The summed E-state index contributed by atoms with van der Waals surface area (Å²) in [5.41, 5.74) is 2.81. The summed E-state index contributed by atoms with van der Waals surface area (Å²) in [5.74, 6) is -12.4. The smallest absolute Gasteiger partial charge is 0.341 e. The van der Waals surface area contributed by atoms with Crippen LogP contribution in [0.4, 0.5) is 10.1 Å². The van der Waals surface area contributed by atoms with E-state index >= 15 is 14.0 Å². The molecule has 1 unspecified atom stereocenters. The van der Waals surface area contributed by atoms with E-state index in [-0.39, 0.29) is 70.5 Å². The first-order valence-corrected chi connectivity index (χ1v) is 25.3. The van der Waals surface area contributed by atoms with Crippen LogP contribution in [0.3, 0.4) is 0 Å². The number of nitrogens with two attached hydrogens (primary N) is 1. The van der Waals surface area contributed by atoms with E-state index in [0.717, 1.165) is 12.3 Å². The maximum atomic E-state index is 16.6. The number of anilines is 1. The van der Waals surface area contributed by atoms with E-state index < -0.39 is 140 Å². The number of carbonyl (C=O) groups excluding carboxylic acids is 5. The number of aliphatic hydroxyl groups excluding tert-OH is 2. The fourth-order valence-corrected chi connectivity index (χ4v) is 10.9. The number of Topliss-reactive ketones (excluding diaryl/α,β-unsaturated/α-hetero) is 3. The Morgan fingerprint density at radius 1 is 0.974 bits per heavy atom. The van der Waals surface area contributed by atoms with E-state index in [1.807, 2.05) is 0 Å². The minimum absolute atomic E-state index is 0.0175. The lowest BCUT2D eigenvalue weighted by Gasteiger charge is -2.37. The van der Waals surface area contributed by atoms with Crippen LogP contribution in [0, 0.1) is 30.5 Å². The van der Waals surface area contributed by atoms with Gasteiger partial charge < -0.3 is 69.5 Å². The number of carboxylic acid groups (broad SMARTS) is 1. The third-order valence-corrected chi connectivity index (χ3v) is 15.6. The highest BCUT2D eigenvalue weighted by Gasteiger charge is 2.54. The molecule has 1 saturated carbocycles. The second kappa shape index (κ2) is 21.2. The van der Waals surface area contributed by atoms with Gasteiger partial charge in [0.1, 0.15) is 40.2 Å². The number of ether oxygens (including phenoxy) is 5. The molecule has 6 aliphatic rings. The fraction of sp³-hybridized carbons (Fsp3) is 0.473. The Balaban J connectivity index is 1.23. The number of aromatic hydroxyl groups is 1. The first kappa shape index (κ1) is 55.8. The van der Waals surface area contributed by atoms with Crippen molar-refractivity contribution in [2.45, 2.75) is 116 Å². The molecule has 77 heavy (non-hydrogen) atoms. The van der Waals surface area contributed by atoms with Crippen molar-refractivity contribution in [3.8, 4) is 17.2 Å². The average molecular weight is 1070 g/mol. The Labute approximate surface area is 442 Å². The first-order chi connectivity index (χ1) is 36.3. The van der Waals surface area contributed by atoms with Gasteiger partial charge in [0.25, 0.3) is 11.7 Å². The largest absolute Gasteiger partial charge is 0.507 e. The average Bonchev–Trinajstić information content (AvgIpc) is 4.19. The van der Waals surface area contributed by atoms with E-state index in [2.05, 4.69) is 5.32 Å². The van der Waals surface area contributed by atoms with Gasteiger partial charge in [-0.2, -0.15) is 0 Å². The Morgan fingerprint density at radius 2 is 1.66 bits per heavy atom. The van der Waals surface area contributed by atoms with Gasteiger partial charge in [-0.3, -0.25) is 28.8 Å². The highest BCUT2D eigenvalue weighted by molar-refractivity contribution is 6.32. The minimum atomic E-state index is -2.23. The summed E-state index contributed by atoms with van der Waals surface area (Å²) in [6, 6.07) is -1.17. The molecule has 4 aliphatic heterocycles. The molecule has 2 aromatic carbocycles. The van der Waals surface area contributed by atoms with Gasteiger partial charge in [0, 0.05) is 88.3 Å². The molecule has 1 amide bonds. The lowest BCUT2D eigenvalue weighted by atomic mass is 9.81. The van der Waals surface area contributed by atoms with Gasteiger partial charge in [0.15, 0.2) is 11.6 Å². The molecule has 0 radical (unpaired) electrons. The van der Waals surface area contributed by atoms with Crippen LogP contribution in [0.15, 0.2) is 64.6 Å². The van der Waals surface area contributed by atoms with Crippen LogP contribution in [-0.2, 0) is 23.8 Å². The SMILES string of the molecule is COc1c(N2CCC(N(C)C3=C4NC(=O)/C(C)=C\C=C\[C@H](C)[C@H](O)[C@@H](C)[C@@H](O)[C@@H](N)[C@H](OC(C)=O)[C@H](C)[C@@H](OC)/C=C/O[C@@]5(C)Oc6c(C)c(O)c(c(c6C5=O)C3=O)C4=O)C2)c(F)cc2c(=O)c(C(=O)O)cn(C3CC3)c12. The molecular formula is C55H64FN5O16. The van der Waals surface area contributed by atoms with Crippen LogP contribution < -0.4 is 30.9 Å². The zero-order valence-corrected chi connectivity index (χ0v) is 44.3. The van der Waals surface area contributed by atoms with Crippen molar-refractivity contribution in [1.29, 1.82) is 0 Å². The summed E-state index contributed by atoms with van der Waals surface area (Å²) in [6.07, 6.45) is 4.93. The number of phenols is 1. The summed E-state index contributed by atoms with van der Waals surface area (Å²) in [6.45, 7) is 10.2. The number of esters is 1. The Bertz CT molecular complexity index is 3200. The third kappa shape index (κ3) is 9.76. The van der Waals surface area contributed by atoms with E-state index in [1.165, 1.54) is 78.3 Å². The highest BCUT2D eigenvalue weighted by atomic mass is 19.1. The zero-order valence-electron chi connectivity index (χ0n) is 44.3. The predicted molar refractivity (Wildman–Crippen MR) is 275 cm³/mol. The number of hydrogen-bond donors (Lipinski definition) is 6. The van der Waals surface area contributed by atoms with Gasteiger partial charge >= 0.3 is 17.7 Å². The van der Waals surface area contributed by atoms with E-state index in [0.29, 0.717) is 12.8 Å². The Morgan fingerprint density at radius 3 is 2.29 bits per heavy atom. The topological polar surface area (TPSA) is 296 Å². The number of allylic oxidation sites excluding steroid dienone is 4. The molecular weight excluding hydrogens is 1010 g/mol. The summed E-state index contributed by atoms with van der Waals surface area (Å²) >= 11 is 0. The number of fused-ring (bicyclic) bond motifs is 15. The summed E-state index contributed by atoms with van der Waals surface area (Å²) in [7, 11) is 4.14. The van der Waals surface area contributed by atoms with Crippen LogP contribution in [-0.4, -0.2) is 142 Å². The van der Waals surface area contributed by atoms with Gasteiger partial charge in [-0.05, 0) is 45.3 Å². The van der Waals surface area contributed by atoms with Crippen molar-refractivity contribution in [1.82, 2.24) is 14.8 Å². The normalized spacial score (nSPS) is 29.6. The first-order valence-electron chi connectivity index (χ1n) is 25.3. The van der Waals surface area contributed by atoms with Crippen LogP contribution in [0.1, 0.15) is 114 Å². The number of carboxylic acids is 1. The number of phenolic OH excluding ortho intramolecular Hbond substituents is 1. The molecule has 5 heterocycles. The Hall–Kier alpha value is -7.40. The number of pyridine rings is 1. The fourth-order valence-electron chi connectivity index (χ4n) is 10.9. The van der Waals surface area contributed by atoms with Crippen LogP contribution >= 0.6 is 0 Å². The van der Waals surface area contributed by atoms with E-state index in [1.54, 1.807) is 36.3 Å². The molecule has 2 aliphatic carbocycles. The summed E-state index contributed by atoms with van der Waals surface area (Å²) in [4.78, 5) is 101. The maximum absolute atomic E-state index is 16.6. The molecule has 9 rings (SSSR count). The second-order valence-corrected chi connectivity index (χ2v) is 20.7. The number of amides is 1. The van der Waals surface area contributed by atoms with Crippen LogP contribution in [0.2, 0.25) is 0 Å². The molecule has 7 N–H and O–H groups in total. The van der Waals surface area contributed by atoms with E-state index in [9.17, 15) is 44.4 Å². The van der Waals surface area contributed by atoms with Gasteiger partial charge in [-0.15, -0.1) is 0 Å². The molecule has 1 saturated heterocycles. The molecule has 22 heteroatoms. The molecule has 5 bridgehead atoms. The number of likely N-dealkylation sites (N-methyl/N-ethyl adjacent to an activating group) is 1. The van der Waals surface area contributed by atoms with Crippen molar-refractivity contribution < 1.29 is 77.3 Å². The molecule has 3 aromatic rings. The van der Waals surface area contributed by atoms with Crippen molar-refractivity contribution in [2.75, 3.05) is 39.3 Å². The number of rotatable bonds is 8. The number of nitrogens with one attached hydrogen (secondary N) is 1. The Kier molecular flexibility index (Phi) is 15.4. The number of methoxy groups -OCH3 is 2. The van der Waals surface area contributed by atoms with Gasteiger partial charge in [-0.1, -0.05) is 39.0 Å². The number of benzene rings is 2. The van der Waals surface area contributed by atoms with Gasteiger partial charge in [0.05, 0.1) is 65.3 Å². The molecule has 2 fully saturated rings. The number of aliphatic hydroxyl groups is 2. The number of carbonyl (C=O) groups is 6. The number of aromatic carboxylic acids is 1. The third-order valence-electron chi connectivity index (χ3n) is 15.6. The number of ketones is 3. The van der Waals surface area contributed by atoms with Gasteiger partial charge in [-0.25, -0.2) is 9.18 Å². The summed E-state index contributed by atoms with van der Waals surface area (Å²) in [5, 5.41) is 47.1. The van der Waals surface area contributed by atoms with Crippen molar-refractivity contribution in [2.24, 2.45) is 23.5 Å². The minimum Gasteiger partial charge on any atom is -0.507 e. The predicted octanol–water partition coefficient (Wildman–Crippen LogP) is 4.36. The standard InChI is InChI=1S/C55H64FN5O16/c1-23-12-11-13-24(2)53(70)58-39-42(59(8)30-16-18-60(21-30)41-33(56)20-31-40(51(41)74-10)61(29-14-15-29)22-32(46(31)66)54(71)72)48(68)35-36(47(39)67)44(64)27(5)49-37(35)52(69)55(7,77-49)75-19-17-34(73-9)25(3)50(76-28(6)62)38(57)45(65)26(4)43(23)63/h11-13,17,19-20,22-23,25-26,29-30,34,38,43,45,50,63-65H,14-16,18,21,57H2,1-10H3,(H,58,70)(H,71,72)/b12-11+,19-17+,24-13-/t23-,25+,26+,30?,34-,38+,43-,45+,50+,55-/m0/s1. The molecule has 10 atom stereocenters. The number of nitrogens with zero attached hydrogens (tertiary/aromatic N) is 3. The summed E-state index contributed by atoms with van der Waals surface area (Å²) < 4.78 is 47.5. The highest BCUT2D eigenvalue weighted by Crippen LogP contribution is 2.50. The molecule has 1 aromatic heterocycles. The van der Waals surface area contributed by atoms with Crippen molar-refractivity contribution in [3.63, 3.8) is 0 Å². The van der Waals surface area contributed by atoms with Crippen molar-refractivity contribution >= 4 is 51.8 Å². The quantitative estimate of drug-likeness (QED) is 0.171. The zero-order chi connectivity index (χ0) is 56.4. The van der Waals surface area contributed by atoms with E-state index in [4.69, 9.17) is 29.4 Å². The molecule has 21 nitrogen and oxygen atoms in total. The maximum Gasteiger partial charge on any atom is 0.341 e. The number of halogens is 1. The monoisotopic (exact) mass is 1070 g/mol. The second-order valence-electron chi connectivity index (χ2n) is 20.7. The number of hydrogen-bond acceptors (Lipinski definition) is 18. The lowest BCUT2D eigenvalue weighted by Crippen LogP contribution is -2.55. The molecule has 412 valence electrons. The van der Waals surface area contributed by atoms with Crippen molar-refractivity contribution in [3.05, 3.63) is 104 Å². The van der Waals surface area contributed by atoms with Crippen LogP contribution in [0.25, 0.3) is 10.9 Å². The van der Waals surface area contributed by atoms with Gasteiger partial charge in [0.2, 0.25) is 17.0 Å². The lowest BCUT2D eigenvalue weighted by molar-refractivity contribution is -0.156. The number of aromatic nitrogens is 1.